The number of anilines is 1. The summed E-state index contributed by atoms with van der Waals surface area (Å²) in [6.07, 6.45) is 2.01. The Hall–Kier alpha value is -2.92. The molecule has 0 radical (unpaired) electrons. The van der Waals surface area contributed by atoms with Gasteiger partial charge in [0.05, 0.1) is 5.52 Å². The predicted octanol–water partition coefficient (Wildman–Crippen LogP) is 3.77. The van der Waals surface area contributed by atoms with E-state index in [-0.39, 0.29) is 11.5 Å². The van der Waals surface area contributed by atoms with E-state index in [1.165, 1.54) is 0 Å². The molecular formula is C24H27N3O2. The lowest BCUT2D eigenvalue weighted by Gasteiger charge is -2.25. The van der Waals surface area contributed by atoms with Crippen LogP contribution in [-0.4, -0.2) is 30.6 Å². The first kappa shape index (κ1) is 19.4. The molecule has 5 heteroatoms. The molecule has 0 aliphatic carbocycles. The van der Waals surface area contributed by atoms with Crippen molar-refractivity contribution in [1.82, 2.24) is 9.88 Å². The molecule has 0 spiro atoms. The normalized spacial score (nSPS) is 14.8. The smallest absolute Gasteiger partial charge is 0.258 e. The van der Waals surface area contributed by atoms with Gasteiger partial charge >= 0.3 is 0 Å². The van der Waals surface area contributed by atoms with Crippen molar-refractivity contribution in [2.24, 2.45) is 0 Å². The third-order valence-corrected chi connectivity index (χ3v) is 5.93. The summed E-state index contributed by atoms with van der Waals surface area (Å²) in [6, 6.07) is 17.2. The van der Waals surface area contributed by atoms with Crippen LogP contribution in [0.2, 0.25) is 0 Å². The summed E-state index contributed by atoms with van der Waals surface area (Å²) in [5.74, 6) is 0.291. The van der Waals surface area contributed by atoms with Gasteiger partial charge in [-0.05, 0) is 74.7 Å². The number of nitrogens with one attached hydrogen (secondary N) is 1. The number of piperidine rings is 1. The number of fused-ring (bicyclic) bond motifs is 1. The summed E-state index contributed by atoms with van der Waals surface area (Å²) in [7, 11) is 1.79. The molecule has 150 valence electrons. The fraction of sp³-hybridized carbons (Fsp3) is 0.333. The van der Waals surface area contributed by atoms with Crippen LogP contribution < -0.4 is 15.8 Å². The van der Waals surface area contributed by atoms with Crippen LogP contribution in [0.5, 0.6) is 0 Å². The highest BCUT2D eigenvalue weighted by molar-refractivity contribution is 6.07. The van der Waals surface area contributed by atoms with E-state index < -0.39 is 0 Å². The number of rotatable bonds is 4. The van der Waals surface area contributed by atoms with Crippen LogP contribution in [-0.2, 0) is 6.54 Å². The molecule has 1 N–H and O–H groups in total. The van der Waals surface area contributed by atoms with Gasteiger partial charge in [-0.2, -0.15) is 0 Å². The third kappa shape index (κ3) is 3.70. The molecule has 1 aliphatic rings. The Morgan fingerprint density at radius 3 is 2.52 bits per heavy atom. The van der Waals surface area contributed by atoms with Crippen molar-refractivity contribution in [1.29, 1.82) is 0 Å². The van der Waals surface area contributed by atoms with E-state index >= 15 is 0 Å². The lowest BCUT2D eigenvalue weighted by Crippen LogP contribution is -2.29. The fourth-order valence-corrected chi connectivity index (χ4v) is 4.30. The molecule has 5 nitrogen and oxygen atoms in total. The van der Waals surface area contributed by atoms with Crippen LogP contribution in [0.15, 0.2) is 59.4 Å². The highest BCUT2D eigenvalue weighted by Crippen LogP contribution is 2.31. The quantitative estimate of drug-likeness (QED) is 0.739. The van der Waals surface area contributed by atoms with Crippen LogP contribution in [0.4, 0.5) is 5.69 Å². The van der Waals surface area contributed by atoms with Crippen molar-refractivity contribution in [3.8, 4) is 0 Å². The summed E-state index contributed by atoms with van der Waals surface area (Å²) in [5.41, 5.74) is 3.52. The number of hydrogen-bond acceptors (Lipinski definition) is 3. The molecule has 1 saturated heterocycles. The molecule has 3 aromatic rings. The molecule has 0 saturated carbocycles. The Morgan fingerprint density at radius 2 is 1.83 bits per heavy atom. The SMILES string of the molecule is CCn1c(=O)cc(C2CCNCC2)c2cc(C(=O)N(C)c3ccccc3)ccc21. The summed E-state index contributed by atoms with van der Waals surface area (Å²) in [4.78, 5) is 27.5. The van der Waals surface area contributed by atoms with Gasteiger partial charge in [0, 0.05) is 36.3 Å². The van der Waals surface area contributed by atoms with Gasteiger partial charge in [-0.25, -0.2) is 0 Å². The average Bonchev–Trinajstić information content (AvgIpc) is 2.78. The number of aromatic nitrogens is 1. The molecule has 29 heavy (non-hydrogen) atoms. The van der Waals surface area contributed by atoms with Gasteiger partial charge < -0.3 is 14.8 Å². The molecule has 0 atom stereocenters. The molecule has 1 aliphatic heterocycles. The Labute approximate surface area is 171 Å². The van der Waals surface area contributed by atoms with Crippen molar-refractivity contribution < 1.29 is 4.79 Å². The van der Waals surface area contributed by atoms with Crippen LogP contribution in [0.1, 0.15) is 41.6 Å². The van der Waals surface area contributed by atoms with Crippen molar-refractivity contribution in [2.45, 2.75) is 32.2 Å². The van der Waals surface area contributed by atoms with E-state index in [1.54, 1.807) is 22.6 Å². The van der Waals surface area contributed by atoms with Gasteiger partial charge in [-0.1, -0.05) is 18.2 Å². The monoisotopic (exact) mass is 389 g/mol. The van der Waals surface area contributed by atoms with Gasteiger partial charge in [-0.15, -0.1) is 0 Å². The van der Waals surface area contributed by atoms with Crippen LogP contribution in [0.3, 0.4) is 0 Å². The summed E-state index contributed by atoms with van der Waals surface area (Å²) in [5, 5.41) is 4.41. The zero-order valence-electron chi connectivity index (χ0n) is 17.0. The molecule has 1 fully saturated rings. The van der Waals surface area contributed by atoms with Crippen molar-refractivity contribution in [2.75, 3.05) is 25.0 Å². The van der Waals surface area contributed by atoms with Crippen molar-refractivity contribution in [3.63, 3.8) is 0 Å². The minimum absolute atomic E-state index is 0.0361. The molecule has 2 heterocycles. The second-order valence-corrected chi connectivity index (χ2v) is 7.64. The predicted molar refractivity (Wildman–Crippen MR) is 118 cm³/mol. The van der Waals surface area contributed by atoms with Crippen LogP contribution in [0, 0.1) is 0 Å². The molecule has 1 aromatic heterocycles. The lowest BCUT2D eigenvalue weighted by atomic mass is 9.87. The van der Waals surface area contributed by atoms with E-state index in [0.29, 0.717) is 18.0 Å². The molecule has 2 aromatic carbocycles. The van der Waals surface area contributed by atoms with E-state index in [0.717, 1.165) is 48.1 Å². The number of para-hydroxylation sites is 1. The molecular weight excluding hydrogens is 362 g/mol. The minimum Gasteiger partial charge on any atom is -0.317 e. The standard InChI is InChI=1S/C24H27N3O2/c1-3-27-22-10-9-18(24(29)26(2)19-7-5-4-6-8-19)15-21(22)20(16-23(27)28)17-11-13-25-14-12-17/h4-10,15-17,25H,3,11-14H2,1-2H3. The topological polar surface area (TPSA) is 54.3 Å². The summed E-state index contributed by atoms with van der Waals surface area (Å²) < 4.78 is 1.79. The van der Waals surface area contributed by atoms with Gasteiger partial charge in [0.15, 0.2) is 0 Å². The van der Waals surface area contributed by atoms with Gasteiger partial charge in [0.25, 0.3) is 11.5 Å². The second-order valence-electron chi connectivity index (χ2n) is 7.64. The highest BCUT2D eigenvalue weighted by atomic mass is 16.2. The largest absolute Gasteiger partial charge is 0.317 e. The number of carbonyl (C=O) groups is 1. The maximum atomic E-state index is 13.1. The Morgan fingerprint density at radius 1 is 1.10 bits per heavy atom. The average molecular weight is 389 g/mol. The van der Waals surface area contributed by atoms with Crippen LogP contribution >= 0.6 is 0 Å². The van der Waals surface area contributed by atoms with Crippen molar-refractivity contribution in [3.05, 3.63) is 76.1 Å². The first-order valence-electron chi connectivity index (χ1n) is 10.3. The summed E-state index contributed by atoms with van der Waals surface area (Å²) in [6.45, 7) is 4.50. The Bertz CT molecular complexity index is 1080. The zero-order valence-corrected chi connectivity index (χ0v) is 17.0. The Balaban J connectivity index is 1.82. The lowest BCUT2D eigenvalue weighted by molar-refractivity contribution is 0.0993. The van der Waals surface area contributed by atoms with E-state index in [9.17, 15) is 9.59 Å². The maximum absolute atomic E-state index is 13.1. The highest BCUT2D eigenvalue weighted by Gasteiger charge is 2.21. The third-order valence-electron chi connectivity index (χ3n) is 5.93. The zero-order chi connectivity index (χ0) is 20.4. The Kier molecular flexibility index (Phi) is 5.49. The number of aryl methyl sites for hydroxylation is 1. The van der Waals surface area contributed by atoms with Gasteiger partial charge in [-0.3, -0.25) is 9.59 Å². The first-order valence-corrected chi connectivity index (χ1v) is 10.3. The van der Waals surface area contributed by atoms with Crippen LogP contribution in [0.25, 0.3) is 10.9 Å². The number of benzene rings is 2. The van der Waals surface area contributed by atoms with E-state index in [1.807, 2.05) is 55.5 Å². The molecule has 1 amide bonds. The second kappa shape index (κ2) is 8.21. The molecule has 0 unspecified atom stereocenters. The number of pyridine rings is 1. The first-order chi connectivity index (χ1) is 14.1. The fourth-order valence-electron chi connectivity index (χ4n) is 4.30. The van der Waals surface area contributed by atoms with Crippen molar-refractivity contribution >= 4 is 22.5 Å². The van der Waals surface area contributed by atoms with Gasteiger partial charge in [0.1, 0.15) is 0 Å². The van der Waals surface area contributed by atoms with Gasteiger partial charge in [0.2, 0.25) is 0 Å². The van der Waals surface area contributed by atoms with E-state index in [4.69, 9.17) is 0 Å². The number of carbonyl (C=O) groups excluding carboxylic acids is 1. The molecule has 0 bridgehead atoms. The maximum Gasteiger partial charge on any atom is 0.258 e. The van der Waals surface area contributed by atoms with E-state index in [2.05, 4.69) is 5.32 Å². The number of hydrogen-bond donors (Lipinski definition) is 1. The summed E-state index contributed by atoms with van der Waals surface area (Å²) >= 11 is 0. The number of nitrogens with zero attached hydrogens (tertiary/aromatic N) is 2. The minimum atomic E-state index is -0.0522. The number of amides is 1. The molecule has 4 rings (SSSR count).